The van der Waals surface area contributed by atoms with Crippen LogP contribution in [0, 0.1) is 0 Å². The lowest BCUT2D eigenvalue weighted by molar-refractivity contribution is -0.0501. The number of anilines is 3. The van der Waals surface area contributed by atoms with Gasteiger partial charge in [-0.3, -0.25) is 4.79 Å². The monoisotopic (exact) mass is 416 g/mol. The van der Waals surface area contributed by atoms with Gasteiger partial charge in [-0.1, -0.05) is 6.92 Å². The molecule has 1 amide bonds. The quantitative estimate of drug-likeness (QED) is 0.559. The number of hydrogen-bond donors (Lipinski definition) is 0. The third-order valence-corrected chi connectivity index (χ3v) is 4.91. The van der Waals surface area contributed by atoms with E-state index >= 15 is 0 Å². The molecule has 1 aliphatic heterocycles. The predicted octanol–water partition coefficient (Wildman–Crippen LogP) is 2.84. The van der Waals surface area contributed by atoms with Gasteiger partial charge in [0, 0.05) is 25.9 Å². The van der Waals surface area contributed by atoms with Gasteiger partial charge in [-0.2, -0.15) is 26.6 Å². The lowest BCUT2D eigenvalue weighted by atomic mass is 10.2. The van der Waals surface area contributed by atoms with E-state index in [2.05, 4.69) is 14.2 Å². The molecule has 0 unspecified atom stereocenters. The van der Waals surface area contributed by atoms with E-state index in [1.807, 2.05) is 6.92 Å². The lowest BCUT2D eigenvalue weighted by Gasteiger charge is -2.24. The Balaban J connectivity index is 2.17. The first-order valence-electron chi connectivity index (χ1n) is 8.09. The molecule has 0 spiro atoms. The lowest BCUT2D eigenvalue weighted by Crippen LogP contribution is -2.29. The molecule has 0 aliphatic carbocycles. The first kappa shape index (κ1) is 19.9. The van der Waals surface area contributed by atoms with Gasteiger partial charge in [0.05, 0.1) is 11.3 Å². The van der Waals surface area contributed by atoms with Gasteiger partial charge < -0.3 is 14.0 Å². The molecule has 3 heterocycles. The summed E-state index contributed by atoms with van der Waals surface area (Å²) in [4.78, 5) is 23.7. The van der Waals surface area contributed by atoms with Gasteiger partial charge in [-0.25, -0.2) is 4.98 Å². The molecule has 2 aromatic heterocycles. The van der Waals surface area contributed by atoms with E-state index in [4.69, 9.17) is 0 Å². The zero-order valence-electron chi connectivity index (χ0n) is 14.8. The number of hydrogen-bond acceptors (Lipinski definition) is 7. The molecule has 0 saturated heterocycles. The summed E-state index contributed by atoms with van der Waals surface area (Å²) in [6.07, 6.45) is 2.06. The van der Waals surface area contributed by atoms with Crippen LogP contribution in [0.4, 0.5) is 30.5 Å². The minimum Gasteiger partial charge on any atom is -0.355 e. The second-order valence-electron chi connectivity index (χ2n) is 5.87. The molecule has 0 fully saturated rings. The number of aromatic nitrogens is 2. The molecule has 3 rings (SSSR count). The second kappa shape index (κ2) is 6.93. The number of carbonyl (C=O) groups is 1. The number of carbonyl (C=O) groups excluding carboxylic acids is 1. The normalized spacial score (nSPS) is 14.4. The van der Waals surface area contributed by atoms with Crippen molar-refractivity contribution in [3.05, 3.63) is 36.0 Å². The molecule has 0 radical (unpaired) electrons. The SMILES string of the molecule is CCCN1c2ncccc2C(=O)N(C)c2ccc(OS(=O)(=O)C(F)(F)F)nc21. The molecule has 0 atom stereocenters. The number of fused-ring (bicyclic) bond motifs is 2. The minimum absolute atomic E-state index is 0.0602. The fraction of sp³-hybridized carbons (Fsp3) is 0.312. The van der Waals surface area contributed by atoms with Gasteiger partial charge in [-0.15, -0.1) is 0 Å². The van der Waals surface area contributed by atoms with Gasteiger partial charge in [0.1, 0.15) is 5.82 Å². The van der Waals surface area contributed by atoms with Gasteiger partial charge in [0.25, 0.3) is 5.91 Å². The maximum atomic E-state index is 12.7. The van der Waals surface area contributed by atoms with Crippen LogP contribution in [0.3, 0.4) is 0 Å². The topological polar surface area (TPSA) is 92.7 Å². The van der Waals surface area contributed by atoms with Crippen LogP contribution in [0.5, 0.6) is 5.88 Å². The Labute approximate surface area is 158 Å². The van der Waals surface area contributed by atoms with Crippen LogP contribution in [-0.2, 0) is 10.1 Å². The average Bonchev–Trinajstić information content (AvgIpc) is 2.71. The Kier molecular flexibility index (Phi) is 4.91. The van der Waals surface area contributed by atoms with Crippen molar-refractivity contribution in [3.8, 4) is 5.88 Å². The fourth-order valence-electron chi connectivity index (χ4n) is 2.69. The number of amides is 1. The van der Waals surface area contributed by atoms with E-state index in [1.165, 1.54) is 24.2 Å². The van der Waals surface area contributed by atoms with E-state index in [9.17, 15) is 26.4 Å². The van der Waals surface area contributed by atoms with Crippen LogP contribution >= 0.6 is 0 Å². The van der Waals surface area contributed by atoms with Crippen LogP contribution < -0.4 is 14.0 Å². The van der Waals surface area contributed by atoms with Crippen molar-refractivity contribution in [1.82, 2.24) is 9.97 Å². The number of rotatable bonds is 4. The van der Waals surface area contributed by atoms with Crippen molar-refractivity contribution in [2.24, 2.45) is 0 Å². The van der Waals surface area contributed by atoms with Crippen molar-refractivity contribution in [2.45, 2.75) is 18.9 Å². The molecule has 0 bridgehead atoms. The molecule has 8 nitrogen and oxygen atoms in total. The largest absolute Gasteiger partial charge is 0.534 e. The van der Waals surface area contributed by atoms with Crippen LogP contribution in [-0.4, -0.2) is 43.4 Å². The second-order valence-corrected chi connectivity index (χ2v) is 7.40. The van der Waals surface area contributed by atoms with Gasteiger partial charge >= 0.3 is 15.6 Å². The number of nitrogens with zero attached hydrogens (tertiary/aromatic N) is 4. The first-order chi connectivity index (χ1) is 13.1. The average molecular weight is 416 g/mol. The minimum atomic E-state index is -5.88. The number of pyridine rings is 2. The molecular formula is C16H15F3N4O4S. The van der Waals surface area contributed by atoms with Crippen molar-refractivity contribution in [3.63, 3.8) is 0 Å². The third kappa shape index (κ3) is 3.35. The molecule has 12 heteroatoms. The van der Waals surface area contributed by atoms with Crippen LogP contribution in [0.25, 0.3) is 0 Å². The maximum absolute atomic E-state index is 12.7. The molecule has 2 aromatic rings. The van der Waals surface area contributed by atoms with E-state index in [0.29, 0.717) is 13.0 Å². The van der Waals surface area contributed by atoms with Gasteiger partial charge in [0.2, 0.25) is 5.88 Å². The molecule has 28 heavy (non-hydrogen) atoms. The molecule has 0 N–H and O–H groups in total. The Morgan fingerprint density at radius 1 is 1.18 bits per heavy atom. The van der Waals surface area contributed by atoms with E-state index in [0.717, 1.165) is 6.07 Å². The highest BCUT2D eigenvalue weighted by Gasteiger charge is 2.49. The molecule has 0 aromatic carbocycles. The standard InChI is InChI=1S/C16H15F3N4O4S/c1-3-9-23-13-10(5-4-8-20-13)15(24)22(2)11-6-7-12(21-14(11)23)27-28(25,26)16(17,18)19/h4-8H,3,9H2,1-2H3. The summed E-state index contributed by atoms with van der Waals surface area (Å²) in [6.45, 7) is 2.19. The molecule has 1 aliphatic rings. The fourth-order valence-corrected chi connectivity index (χ4v) is 3.11. The van der Waals surface area contributed by atoms with E-state index < -0.39 is 21.5 Å². The van der Waals surface area contributed by atoms with Crippen molar-refractivity contribution in [1.29, 1.82) is 0 Å². The summed E-state index contributed by atoms with van der Waals surface area (Å²) in [5, 5.41) is 0. The van der Waals surface area contributed by atoms with Crippen LogP contribution in [0.2, 0.25) is 0 Å². The molecular weight excluding hydrogens is 401 g/mol. The number of alkyl halides is 3. The molecule has 0 saturated carbocycles. The highest BCUT2D eigenvalue weighted by molar-refractivity contribution is 7.87. The summed E-state index contributed by atoms with van der Waals surface area (Å²) in [6, 6.07) is 5.39. The Hall–Kier alpha value is -2.89. The third-order valence-electron chi connectivity index (χ3n) is 3.95. The van der Waals surface area contributed by atoms with Crippen LogP contribution in [0.15, 0.2) is 30.5 Å². The summed E-state index contributed by atoms with van der Waals surface area (Å²) < 4.78 is 64.6. The van der Waals surface area contributed by atoms with Gasteiger partial charge in [0.15, 0.2) is 5.82 Å². The van der Waals surface area contributed by atoms with Crippen molar-refractivity contribution < 1.29 is 30.6 Å². The Morgan fingerprint density at radius 2 is 1.89 bits per heavy atom. The van der Waals surface area contributed by atoms with E-state index in [1.54, 1.807) is 17.0 Å². The zero-order valence-corrected chi connectivity index (χ0v) is 15.6. The van der Waals surface area contributed by atoms with Crippen molar-refractivity contribution in [2.75, 3.05) is 23.4 Å². The van der Waals surface area contributed by atoms with Crippen LogP contribution in [0.1, 0.15) is 23.7 Å². The maximum Gasteiger partial charge on any atom is 0.534 e. The summed E-state index contributed by atoms with van der Waals surface area (Å²) >= 11 is 0. The predicted molar refractivity (Wildman–Crippen MR) is 94.1 cm³/mol. The molecule has 150 valence electrons. The highest BCUT2D eigenvalue weighted by Crippen LogP contribution is 2.39. The van der Waals surface area contributed by atoms with Gasteiger partial charge in [-0.05, 0) is 24.6 Å². The smallest absolute Gasteiger partial charge is 0.355 e. The Bertz CT molecular complexity index is 1030. The first-order valence-corrected chi connectivity index (χ1v) is 9.50. The van der Waals surface area contributed by atoms with Crippen molar-refractivity contribution >= 4 is 33.3 Å². The number of halogens is 3. The Morgan fingerprint density at radius 3 is 2.54 bits per heavy atom. The van der Waals surface area contributed by atoms with E-state index in [-0.39, 0.29) is 28.8 Å². The highest BCUT2D eigenvalue weighted by atomic mass is 32.2. The zero-order chi connectivity index (χ0) is 20.7. The summed E-state index contributed by atoms with van der Waals surface area (Å²) in [7, 11) is -4.40. The summed E-state index contributed by atoms with van der Waals surface area (Å²) in [5.74, 6) is -0.827. The summed E-state index contributed by atoms with van der Waals surface area (Å²) in [5.41, 5.74) is -5.04.